The van der Waals surface area contributed by atoms with E-state index < -0.39 is 11.7 Å². The number of rotatable bonds is 3. The minimum atomic E-state index is -0.513. The van der Waals surface area contributed by atoms with Crippen molar-refractivity contribution in [3.05, 3.63) is 16.1 Å². The van der Waals surface area contributed by atoms with E-state index in [1.54, 1.807) is 26.2 Å². The van der Waals surface area contributed by atoms with Crippen LogP contribution in [-0.4, -0.2) is 23.0 Å². The topological polar surface area (TPSA) is 68.3 Å². The van der Waals surface area contributed by atoms with E-state index in [9.17, 15) is 9.59 Å². The number of thiazole rings is 1. The Morgan fingerprint density at radius 3 is 2.81 bits per heavy atom. The van der Waals surface area contributed by atoms with Gasteiger partial charge in [-0.15, -0.1) is 11.3 Å². The number of ether oxygens (including phenoxy) is 1. The lowest BCUT2D eigenvalue weighted by molar-refractivity contribution is 0.0523. The van der Waals surface area contributed by atoms with E-state index in [1.165, 1.54) is 11.3 Å². The van der Waals surface area contributed by atoms with E-state index in [1.807, 2.05) is 0 Å². The average molecular weight is 242 g/mol. The lowest BCUT2D eigenvalue weighted by Crippen LogP contribution is -2.32. The summed E-state index contributed by atoms with van der Waals surface area (Å²) in [7, 11) is 0. The van der Waals surface area contributed by atoms with Gasteiger partial charge in [0.05, 0.1) is 6.54 Å². The van der Waals surface area contributed by atoms with Gasteiger partial charge in [0, 0.05) is 5.38 Å². The summed E-state index contributed by atoms with van der Waals surface area (Å²) in [5, 5.41) is 4.88. The molecule has 0 saturated heterocycles. The van der Waals surface area contributed by atoms with Gasteiger partial charge in [0.1, 0.15) is 16.3 Å². The largest absolute Gasteiger partial charge is 0.444 e. The third kappa shape index (κ3) is 4.39. The fraction of sp³-hybridized carbons (Fsp3) is 0.500. The van der Waals surface area contributed by atoms with E-state index in [-0.39, 0.29) is 6.54 Å². The van der Waals surface area contributed by atoms with Gasteiger partial charge in [0.15, 0.2) is 6.29 Å². The number of nitrogens with one attached hydrogen (secondary N) is 1. The Kier molecular flexibility index (Phi) is 4.00. The Labute approximate surface area is 97.8 Å². The van der Waals surface area contributed by atoms with Gasteiger partial charge in [-0.1, -0.05) is 0 Å². The van der Waals surface area contributed by atoms with Crippen molar-refractivity contribution >= 4 is 23.7 Å². The van der Waals surface area contributed by atoms with Crippen LogP contribution in [0.2, 0.25) is 0 Å². The van der Waals surface area contributed by atoms with Gasteiger partial charge in [-0.05, 0) is 20.8 Å². The number of carbonyl (C=O) groups is 2. The smallest absolute Gasteiger partial charge is 0.408 e. The van der Waals surface area contributed by atoms with Crippen LogP contribution in [0.15, 0.2) is 5.38 Å². The second-order valence-electron chi connectivity index (χ2n) is 4.14. The molecule has 1 rings (SSSR count). The normalized spacial score (nSPS) is 10.9. The van der Waals surface area contributed by atoms with Crippen molar-refractivity contribution in [3.63, 3.8) is 0 Å². The molecule has 1 N–H and O–H groups in total. The van der Waals surface area contributed by atoms with Gasteiger partial charge in [0.2, 0.25) is 0 Å². The fourth-order valence-corrected chi connectivity index (χ4v) is 1.60. The molecular weight excluding hydrogens is 228 g/mol. The quantitative estimate of drug-likeness (QED) is 0.823. The van der Waals surface area contributed by atoms with E-state index in [0.29, 0.717) is 17.0 Å². The lowest BCUT2D eigenvalue weighted by atomic mass is 10.2. The van der Waals surface area contributed by atoms with E-state index in [0.717, 1.165) is 0 Å². The maximum atomic E-state index is 11.3. The first kappa shape index (κ1) is 12.6. The molecule has 1 heterocycles. The molecule has 1 amide bonds. The molecule has 0 unspecified atom stereocenters. The number of aromatic nitrogens is 1. The van der Waals surface area contributed by atoms with E-state index in [4.69, 9.17) is 4.74 Å². The molecule has 0 radical (unpaired) electrons. The van der Waals surface area contributed by atoms with Gasteiger partial charge in [-0.3, -0.25) is 4.79 Å². The zero-order valence-corrected chi connectivity index (χ0v) is 10.3. The maximum absolute atomic E-state index is 11.3. The minimum Gasteiger partial charge on any atom is -0.444 e. The van der Waals surface area contributed by atoms with E-state index in [2.05, 4.69) is 10.3 Å². The first-order valence-electron chi connectivity index (χ1n) is 4.77. The summed E-state index contributed by atoms with van der Waals surface area (Å²) < 4.78 is 5.05. The third-order valence-corrected chi connectivity index (χ3v) is 2.34. The van der Waals surface area contributed by atoms with Crippen LogP contribution >= 0.6 is 11.3 Å². The number of carbonyl (C=O) groups excluding carboxylic acids is 2. The highest BCUT2D eigenvalue weighted by Crippen LogP contribution is 2.09. The summed E-state index contributed by atoms with van der Waals surface area (Å²) in [4.78, 5) is 25.6. The van der Waals surface area contributed by atoms with Crippen LogP contribution in [0.4, 0.5) is 4.79 Å². The minimum absolute atomic E-state index is 0.271. The van der Waals surface area contributed by atoms with E-state index >= 15 is 0 Å². The summed E-state index contributed by atoms with van der Waals surface area (Å²) in [5.74, 6) is 0. The zero-order valence-electron chi connectivity index (χ0n) is 9.44. The van der Waals surface area contributed by atoms with Crippen LogP contribution in [0.3, 0.4) is 0 Å². The summed E-state index contributed by atoms with van der Waals surface area (Å²) in [6.45, 7) is 5.65. The molecule has 0 aliphatic heterocycles. The standard InChI is InChI=1S/C10H14N2O3S/c1-10(2,3)15-9(14)11-4-8-12-7(5-13)6-16-8/h5-6H,4H2,1-3H3,(H,11,14). The first-order chi connectivity index (χ1) is 7.40. The molecule has 1 aromatic rings. The monoisotopic (exact) mass is 242 g/mol. The Hall–Kier alpha value is -1.43. The molecule has 6 heteroatoms. The number of hydrogen-bond acceptors (Lipinski definition) is 5. The highest BCUT2D eigenvalue weighted by Gasteiger charge is 2.15. The molecule has 88 valence electrons. The lowest BCUT2D eigenvalue weighted by Gasteiger charge is -2.19. The molecule has 0 saturated carbocycles. The molecule has 0 atom stereocenters. The molecule has 0 bridgehead atoms. The van der Waals surface area contributed by atoms with Crippen LogP contribution < -0.4 is 5.32 Å². The zero-order chi connectivity index (χ0) is 12.2. The van der Waals surface area contributed by atoms with Crippen LogP contribution in [0.5, 0.6) is 0 Å². The van der Waals surface area contributed by atoms with Gasteiger partial charge < -0.3 is 10.1 Å². The highest BCUT2D eigenvalue weighted by atomic mass is 32.1. The molecule has 1 aromatic heterocycles. The van der Waals surface area contributed by atoms with Crippen LogP contribution in [0, 0.1) is 0 Å². The van der Waals surface area contributed by atoms with Crippen molar-refractivity contribution in [2.24, 2.45) is 0 Å². The molecule has 0 aliphatic carbocycles. The van der Waals surface area contributed by atoms with Gasteiger partial charge in [0.25, 0.3) is 0 Å². The number of hydrogen-bond donors (Lipinski definition) is 1. The summed E-state index contributed by atoms with van der Waals surface area (Å²) in [6.07, 6.45) is 0.184. The van der Waals surface area contributed by atoms with Crippen LogP contribution in [0.25, 0.3) is 0 Å². The second-order valence-corrected chi connectivity index (χ2v) is 5.08. The predicted octanol–water partition coefficient (Wildman–Crippen LogP) is 1.98. The van der Waals surface area contributed by atoms with Crippen molar-refractivity contribution in [3.8, 4) is 0 Å². The Bertz CT molecular complexity index is 382. The Balaban J connectivity index is 2.40. The second kappa shape index (κ2) is 5.07. The molecule has 0 aliphatic rings. The third-order valence-electron chi connectivity index (χ3n) is 1.47. The molecule has 0 aromatic carbocycles. The van der Waals surface area contributed by atoms with Crippen molar-refractivity contribution in [1.29, 1.82) is 0 Å². The van der Waals surface area contributed by atoms with Gasteiger partial charge in [-0.2, -0.15) is 0 Å². The number of amides is 1. The molecule has 16 heavy (non-hydrogen) atoms. The van der Waals surface area contributed by atoms with Gasteiger partial charge >= 0.3 is 6.09 Å². The number of nitrogens with zero attached hydrogens (tertiary/aromatic N) is 1. The summed E-state index contributed by atoms with van der Waals surface area (Å²) >= 11 is 1.32. The maximum Gasteiger partial charge on any atom is 0.408 e. The molecule has 5 nitrogen and oxygen atoms in total. The van der Waals surface area contributed by atoms with Crippen molar-refractivity contribution in [2.45, 2.75) is 32.9 Å². The molecule has 0 spiro atoms. The SMILES string of the molecule is CC(C)(C)OC(=O)NCc1nc(C=O)cs1. The summed E-state index contributed by atoms with van der Waals surface area (Å²) in [5.41, 5.74) is -0.132. The Morgan fingerprint density at radius 2 is 2.31 bits per heavy atom. The first-order valence-corrected chi connectivity index (χ1v) is 5.65. The van der Waals surface area contributed by atoms with Gasteiger partial charge in [-0.25, -0.2) is 9.78 Å². The van der Waals surface area contributed by atoms with Crippen molar-refractivity contribution in [1.82, 2.24) is 10.3 Å². The van der Waals surface area contributed by atoms with Crippen LogP contribution in [-0.2, 0) is 11.3 Å². The highest BCUT2D eigenvalue weighted by molar-refractivity contribution is 7.09. The van der Waals surface area contributed by atoms with Crippen molar-refractivity contribution in [2.75, 3.05) is 0 Å². The molecular formula is C10H14N2O3S. The number of alkyl carbamates (subject to hydrolysis) is 1. The molecule has 0 fully saturated rings. The Morgan fingerprint density at radius 1 is 1.62 bits per heavy atom. The van der Waals surface area contributed by atoms with Crippen LogP contribution in [0.1, 0.15) is 36.3 Å². The number of aldehydes is 1. The fourth-order valence-electron chi connectivity index (χ4n) is 0.922. The van der Waals surface area contributed by atoms with Crippen molar-refractivity contribution < 1.29 is 14.3 Å². The average Bonchev–Trinajstić information content (AvgIpc) is 2.59. The summed E-state index contributed by atoms with van der Waals surface area (Å²) in [6, 6.07) is 0. The predicted molar refractivity (Wildman–Crippen MR) is 60.6 cm³/mol.